The number of nitrogen functional groups attached to an aromatic ring is 1. The highest BCUT2D eigenvalue weighted by Crippen LogP contribution is 2.20. The molecule has 0 radical (unpaired) electrons. The Kier molecular flexibility index (Phi) is 5.44. The molecule has 3 N–H and O–H groups in total. The lowest BCUT2D eigenvalue weighted by atomic mass is 10.2. The van der Waals surface area contributed by atoms with Crippen LogP contribution < -0.4 is 11.1 Å². The van der Waals surface area contributed by atoms with Crippen molar-refractivity contribution in [2.75, 3.05) is 32.9 Å². The predicted molar refractivity (Wildman–Crippen MR) is 74.1 cm³/mol. The molecule has 0 aliphatic carbocycles. The molecule has 0 aromatic heterocycles. The van der Waals surface area contributed by atoms with Gasteiger partial charge >= 0.3 is 0 Å². The fourth-order valence-corrected chi connectivity index (χ4v) is 1.75. The summed E-state index contributed by atoms with van der Waals surface area (Å²) in [5, 5.41) is 2.87. The van der Waals surface area contributed by atoms with E-state index in [4.69, 9.17) is 5.73 Å². The molecule has 1 amide bonds. The topological polar surface area (TPSA) is 58.4 Å². The molecular weight excluding hydrogens is 282 g/mol. The largest absolute Gasteiger partial charge is 0.398 e. The quantitative estimate of drug-likeness (QED) is 0.643. The average molecular weight is 300 g/mol. The Bertz CT molecular complexity index is 393. The van der Waals surface area contributed by atoms with Crippen LogP contribution in [0.2, 0.25) is 0 Å². The number of anilines is 1. The molecule has 0 bridgehead atoms. The van der Waals surface area contributed by atoms with Crippen LogP contribution in [0.1, 0.15) is 16.8 Å². The molecule has 0 aliphatic heterocycles. The van der Waals surface area contributed by atoms with E-state index in [0.717, 1.165) is 17.4 Å². The molecule has 94 valence electrons. The molecule has 0 fully saturated rings. The van der Waals surface area contributed by atoms with E-state index in [9.17, 15) is 4.79 Å². The monoisotopic (exact) mass is 299 g/mol. The molecule has 0 saturated heterocycles. The van der Waals surface area contributed by atoms with Gasteiger partial charge < -0.3 is 16.0 Å². The molecule has 17 heavy (non-hydrogen) atoms. The molecule has 1 aromatic carbocycles. The zero-order valence-corrected chi connectivity index (χ0v) is 11.8. The standard InChI is InChI=1S/C12H18BrN3O/c1-16(2)7-3-6-15-12(17)9-4-5-11(14)10(13)8-9/h4-5,8H,3,6-7,14H2,1-2H3,(H,15,17). The van der Waals surface area contributed by atoms with Crippen molar-refractivity contribution < 1.29 is 4.79 Å². The van der Waals surface area contributed by atoms with E-state index in [-0.39, 0.29) is 5.91 Å². The predicted octanol–water partition coefficient (Wildman–Crippen LogP) is 1.71. The summed E-state index contributed by atoms with van der Waals surface area (Å²) in [6.07, 6.45) is 0.939. The number of nitrogens with zero attached hydrogens (tertiary/aromatic N) is 1. The number of carbonyl (C=O) groups excluding carboxylic acids is 1. The maximum absolute atomic E-state index is 11.8. The number of halogens is 1. The van der Waals surface area contributed by atoms with Gasteiger partial charge in [-0.2, -0.15) is 0 Å². The summed E-state index contributed by atoms with van der Waals surface area (Å²) < 4.78 is 0.749. The lowest BCUT2D eigenvalue weighted by molar-refractivity contribution is 0.0952. The number of amides is 1. The van der Waals surface area contributed by atoms with Crippen LogP contribution in [0.3, 0.4) is 0 Å². The molecule has 0 heterocycles. The molecule has 0 saturated carbocycles. The van der Waals surface area contributed by atoms with Gasteiger partial charge in [-0.05, 0) is 61.2 Å². The van der Waals surface area contributed by atoms with Gasteiger partial charge in [-0.3, -0.25) is 4.79 Å². The van der Waals surface area contributed by atoms with Crippen LogP contribution in [0.4, 0.5) is 5.69 Å². The van der Waals surface area contributed by atoms with Crippen LogP contribution in [0.25, 0.3) is 0 Å². The molecule has 4 nitrogen and oxygen atoms in total. The van der Waals surface area contributed by atoms with Gasteiger partial charge in [-0.15, -0.1) is 0 Å². The first-order chi connectivity index (χ1) is 8.00. The Labute approximate surface area is 110 Å². The van der Waals surface area contributed by atoms with Crippen molar-refractivity contribution in [3.63, 3.8) is 0 Å². The van der Waals surface area contributed by atoms with E-state index >= 15 is 0 Å². The number of rotatable bonds is 5. The van der Waals surface area contributed by atoms with Gasteiger partial charge in [0.25, 0.3) is 5.91 Å². The van der Waals surface area contributed by atoms with Crippen LogP contribution in [0, 0.1) is 0 Å². The Morgan fingerprint density at radius 2 is 2.18 bits per heavy atom. The summed E-state index contributed by atoms with van der Waals surface area (Å²) in [5.41, 5.74) is 6.91. The maximum Gasteiger partial charge on any atom is 0.251 e. The fraction of sp³-hybridized carbons (Fsp3) is 0.417. The third-order valence-corrected chi connectivity index (χ3v) is 3.02. The van der Waals surface area contributed by atoms with E-state index in [1.807, 2.05) is 14.1 Å². The minimum Gasteiger partial charge on any atom is -0.398 e. The molecule has 1 aromatic rings. The fourth-order valence-electron chi connectivity index (χ4n) is 1.37. The van der Waals surface area contributed by atoms with Crippen molar-refractivity contribution in [2.24, 2.45) is 0 Å². The minimum atomic E-state index is -0.0653. The van der Waals surface area contributed by atoms with Gasteiger partial charge in [0.1, 0.15) is 0 Å². The zero-order valence-electron chi connectivity index (χ0n) is 10.2. The van der Waals surface area contributed by atoms with Crippen molar-refractivity contribution in [1.29, 1.82) is 0 Å². The van der Waals surface area contributed by atoms with Crippen LogP contribution in [-0.4, -0.2) is 38.0 Å². The highest BCUT2D eigenvalue weighted by atomic mass is 79.9. The lowest BCUT2D eigenvalue weighted by Crippen LogP contribution is -2.27. The summed E-state index contributed by atoms with van der Waals surface area (Å²) >= 11 is 3.30. The molecule has 5 heteroatoms. The van der Waals surface area contributed by atoms with E-state index in [2.05, 4.69) is 26.1 Å². The smallest absolute Gasteiger partial charge is 0.251 e. The normalized spacial score (nSPS) is 10.6. The third kappa shape index (κ3) is 4.75. The summed E-state index contributed by atoms with van der Waals surface area (Å²) in [5.74, 6) is -0.0653. The van der Waals surface area contributed by atoms with Gasteiger partial charge in [-0.1, -0.05) is 0 Å². The summed E-state index contributed by atoms with van der Waals surface area (Å²) in [7, 11) is 4.03. The molecule has 0 spiro atoms. The highest BCUT2D eigenvalue weighted by Gasteiger charge is 2.06. The first-order valence-electron chi connectivity index (χ1n) is 5.48. The van der Waals surface area contributed by atoms with Gasteiger partial charge in [0.15, 0.2) is 0 Å². The van der Waals surface area contributed by atoms with E-state index in [1.165, 1.54) is 0 Å². The molecular formula is C12H18BrN3O. The van der Waals surface area contributed by atoms with Crippen molar-refractivity contribution >= 4 is 27.5 Å². The van der Waals surface area contributed by atoms with Crippen molar-refractivity contribution in [3.05, 3.63) is 28.2 Å². The van der Waals surface area contributed by atoms with Gasteiger partial charge in [-0.25, -0.2) is 0 Å². The summed E-state index contributed by atoms with van der Waals surface area (Å²) in [4.78, 5) is 13.9. The SMILES string of the molecule is CN(C)CCCNC(=O)c1ccc(N)c(Br)c1. The average Bonchev–Trinajstić information content (AvgIpc) is 2.27. The molecule has 0 aliphatic rings. The number of nitrogens with one attached hydrogen (secondary N) is 1. The van der Waals surface area contributed by atoms with Crippen LogP contribution >= 0.6 is 15.9 Å². The van der Waals surface area contributed by atoms with E-state index in [0.29, 0.717) is 17.8 Å². The van der Waals surface area contributed by atoms with Crippen LogP contribution in [0.15, 0.2) is 22.7 Å². The molecule has 0 unspecified atom stereocenters. The van der Waals surface area contributed by atoms with Crippen molar-refractivity contribution in [3.8, 4) is 0 Å². The summed E-state index contributed by atoms with van der Waals surface area (Å²) in [6.45, 7) is 1.64. The van der Waals surface area contributed by atoms with Crippen LogP contribution in [-0.2, 0) is 0 Å². The van der Waals surface area contributed by atoms with E-state index < -0.39 is 0 Å². The zero-order chi connectivity index (χ0) is 12.8. The van der Waals surface area contributed by atoms with Gasteiger partial charge in [0, 0.05) is 22.3 Å². The highest BCUT2D eigenvalue weighted by molar-refractivity contribution is 9.10. The minimum absolute atomic E-state index is 0.0653. The second kappa shape index (κ2) is 6.61. The second-order valence-corrected chi connectivity index (χ2v) is 5.00. The maximum atomic E-state index is 11.8. The summed E-state index contributed by atoms with van der Waals surface area (Å²) in [6, 6.07) is 5.18. The Balaban J connectivity index is 2.44. The second-order valence-electron chi connectivity index (χ2n) is 4.15. The van der Waals surface area contributed by atoms with Gasteiger partial charge in [0.05, 0.1) is 0 Å². The number of nitrogens with two attached hydrogens (primary N) is 1. The number of carbonyl (C=O) groups is 1. The van der Waals surface area contributed by atoms with Crippen molar-refractivity contribution in [1.82, 2.24) is 10.2 Å². The number of hydrogen-bond donors (Lipinski definition) is 2. The third-order valence-electron chi connectivity index (χ3n) is 2.33. The lowest BCUT2D eigenvalue weighted by Gasteiger charge is -2.10. The van der Waals surface area contributed by atoms with E-state index in [1.54, 1.807) is 18.2 Å². The Morgan fingerprint density at radius 1 is 1.47 bits per heavy atom. The number of benzene rings is 1. The number of hydrogen-bond acceptors (Lipinski definition) is 3. The first kappa shape index (κ1) is 14.0. The Morgan fingerprint density at radius 3 is 2.76 bits per heavy atom. The molecule has 0 atom stereocenters. The van der Waals surface area contributed by atoms with Gasteiger partial charge in [0.2, 0.25) is 0 Å². The Hall–Kier alpha value is -1.07. The van der Waals surface area contributed by atoms with Crippen LogP contribution in [0.5, 0.6) is 0 Å². The van der Waals surface area contributed by atoms with Crippen molar-refractivity contribution in [2.45, 2.75) is 6.42 Å². The first-order valence-corrected chi connectivity index (χ1v) is 6.28. The molecule has 1 rings (SSSR count).